The first-order valence-corrected chi connectivity index (χ1v) is 12.1. The number of carbonyl (C=O) groups excluding carboxylic acids is 3. The molecular weight excluding hydrogens is 458 g/mol. The second-order valence-corrected chi connectivity index (χ2v) is 9.16. The minimum atomic E-state index is -1.04. The van der Waals surface area contributed by atoms with Crippen LogP contribution in [0.15, 0.2) is 28.9 Å². The molecule has 1 unspecified atom stereocenters. The Kier molecular flexibility index (Phi) is 7.21. The maximum absolute atomic E-state index is 12.8. The largest absolute Gasteiger partial charge is 0.497 e. The van der Waals surface area contributed by atoms with Crippen LogP contribution < -0.4 is 10.1 Å². The fourth-order valence-electron chi connectivity index (χ4n) is 4.06. The Hall–Kier alpha value is -3.33. The monoisotopic (exact) mass is 485 g/mol. The summed E-state index contributed by atoms with van der Waals surface area (Å²) in [5.74, 6) is -0.847. The molecule has 3 aromatic rings. The van der Waals surface area contributed by atoms with Gasteiger partial charge in [-0.15, -0.1) is 11.3 Å². The van der Waals surface area contributed by atoms with E-state index in [9.17, 15) is 14.4 Å². The van der Waals surface area contributed by atoms with Crippen LogP contribution in [0.2, 0.25) is 0 Å². The quantitative estimate of drug-likeness (QED) is 0.462. The second-order valence-electron chi connectivity index (χ2n) is 8.06. The van der Waals surface area contributed by atoms with Gasteiger partial charge in [-0.3, -0.25) is 9.59 Å². The molecule has 0 saturated heterocycles. The van der Waals surface area contributed by atoms with Crippen LogP contribution in [0.4, 0.5) is 5.00 Å². The Morgan fingerprint density at radius 1 is 1.21 bits per heavy atom. The first kappa shape index (κ1) is 23.8. The predicted molar refractivity (Wildman–Crippen MR) is 128 cm³/mol. The van der Waals surface area contributed by atoms with Gasteiger partial charge in [-0.25, -0.2) is 4.79 Å². The van der Waals surface area contributed by atoms with Crippen LogP contribution in [-0.4, -0.2) is 37.7 Å². The average Bonchev–Trinajstić information content (AvgIpc) is 3.39. The number of esters is 2. The van der Waals surface area contributed by atoms with Crippen molar-refractivity contribution in [2.75, 3.05) is 19.0 Å². The highest BCUT2D eigenvalue weighted by atomic mass is 32.1. The second kappa shape index (κ2) is 10.3. The molecule has 0 bridgehead atoms. The van der Waals surface area contributed by atoms with Crippen molar-refractivity contribution in [2.45, 2.75) is 52.1 Å². The Morgan fingerprint density at radius 3 is 2.76 bits per heavy atom. The number of ether oxygens (including phenoxy) is 3. The van der Waals surface area contributed by atoms with E-state index in [-0.39, 0.29) is 13.0 Å². The highest BCUT2D eigenvalue weighted by molar-refractivity contribution is 7.17. The number of carbonyl (C=O) groups is 3. The maximum atomic E-state index is 12.8. The Morgan fingerprint density at radius 2 is 2.00 bits per heavy atom. The number of hydrogen-bond acceptors (Lipinski definition) is 8. The molecule has 2 heterocycles. The van der Waals surface area contributed by atoms with E-state index in [0.717, 1.165) is 41.5 Å². The van der Waals surface area contributed by atoms with Crippen molar-refractivity contribution in [3.63, 3.8) is 0 Å². The van der Waals surface area contributed by atoms with Gasteiger partial charge in [-0.2, -0.15) is 0 Å². The van der Waals surface area contributed by atoms with E-state index < -0.39 is 23.9 Å². The molecule has 34 heavy (non-hydrogen) atoms. The van der Waals surface area contributed by atoms with Crippen molar-refractivity contribution >= 4 is 45.2 Å². The summed E-state index contributed by atoms with van der Waals surface area (Å²) < 4.78 is 21.3. The Bertz CT molecular complexity index is 1230. The Labute approximate surface area is 201 Å². The summed E-state index contributed by atoms with van der Waals surface area (Å²) in [6, 6.07) is 5.33. The SMILES string of the molecule is CCOC(=O)c1c(NC(=O)C(C)OC(=O)Cc2coc3cc(OC)ccc23)sc2c1CCCC2. The topological polar surface area (TPSA) is 104 Å². The van der Waals surface area contributed by atoms with Gasteiger partial charge in [0.25, 0.3) is 5.91 Å². The fraction of sp³-hybridized carbons (Fsp3) is 0.400. The predicted octanol–water partition coefficient (Wildman–Crippen LogP) is 4.67. The lowest BCUT2D eigenvalue weighted by atomic mass is 9.95. The third-order valence-electron chi connectivity index (χ3n) is 5.76. The molecule has 8 nitrogen and oxygen atoms in total. The van der Waals surface area contributed by atoms with Crippen LogP contribution >= 0.6 is 11.3 Å². The highest BCUT2D eigenvalue weighted by Crippen LogP contribution is 2.38. The van der Waals surface area contributed by atoms with Crippen LogP contribution in [-0.2, 0) is 38.3 Å². The first-order chi connectivity index (χ1) is 16.4. The number of amides is 1. The van der Waals surface area contributed by atoms with Gasteiger partial charge in [0.05, 0.1) is 32.0 Å². The summed E-state index contributed by atoms with van der Waals surface area (Å²) >= 11 is 1.39. The third kappa shape index (κ3) is 4.94. The van der Waals surface area contributed by atoms with E-state index in [0.29, 0.717) is 27.5 Å². The van der Waals surface area contributed by atoms with E-state index in [1.54, 1.807) is 26.2 Å². The van der Waals surface area contributed by atoms with Gasteiger partial charge in [0.1, 0.15) is 16.3 Å². The van der Waals surface area contributed by atoms with Gasteiger partial charge in [0.15, 0.2) is 6.10 Å². The summed E-state index contributed by atoms with van der Waals surface area (Å²) in [6.45, 7) is 3.50. The number of fused-ring (bicyclic) bond motifs is 2. The molecule has 0 saturated carbocycles. The van der Waals surface area contributed by atoms with Gasteiger partial charge < -0.3 is 23.9 Å². The molecule has 1 aromatic carbocycles. The van der Waals surface area contributed by atoms with Crippen LogP contribution in [0, 0.1) is 0 Å². The van der Waals surface area contributed by atoms with Crippen LogP contribution in [0.1, 0.15) is 53.1 Å². The number of furan rings is 1. The molecule has 1 N–H and O–H groups in total. The minimum absolute atomic E-state index is 0.0433. The normalized spacial score (nSPS) is 13.7. The first-order valence-electron chi connectivity index (χ1n) is 11.3. The van der Waals surface area contributed by atoms with E-state index in [4.69, 9.17) is 18.6 Å². The molecule has 2 aromatic heterocycles. The summed E-state index contributed by atoms with van der Waals surface area (Å²) in [6.07, 6.45) is 4.11. The zero-order chi connectivity index (χ0) is 24.2. The van der Waals surface area contributed by atoms with Gasteiger partial charge in [-0.05, 0) is 57.2 Å². The molecule has 1 atom stereocenters. The zero-order valence-corrected chi connectivity index (χ0v) is 20.2. The summed E-state index contributed by atoms with van der Waals surface area (Å²) in [4.78, 5) is 39.0. The Balaban J connectivity index is 1.43. The summed E-state index contributed by atoms with van der Waals surface area (Å²) in [7, 11) is 1.57. The lowest BCUT2D eigenvalue weighted by molar-refractivity contribution is -0.152. The maximum Gasteiger partial charge on any atom is 0.341 e. The van der Waals surface area contributed by atoms with Crippen LogP contribution in [0.3, 0.4) is 0 Å². The molecule has 0 spiro atoms. The number of hydrogen-bond donors (Lipinski definition) is 1. The molecule has 180 valence electrons. The lowest BCUT2D eigenvalue weighted by Crippen LogP contribution is -2.30. The van der Waals surface area contributed by atoms with E-state index in [1.165, 1.54) is 24.5 Å². The fourth-order valence-corrected chi connectivity index (χ4v) is 5.34. The molecule has 0 fully saturated rings. The molecule has 1 amide bonds. The van der Waals surface area contributed by atoms with E-state index >= 15 is 0 Å². The number of anilines is 1. The molecular formula is C25H27NO7S. The molecule has 0 aliphatic heterocycles. The lowest BCUT2D eigenvalue weighted by Gasteiger charge is -2.14. The number of thiophene rings is 1. The molecule has 0 radical (unpaired) electrons. The summed E-state index contributed by atoms with van der Waals surface area (Å²) in [5, 5.41) is 4.01. The van der Waals surface area contributed by atoms with Crippen LogP contribution in [0.5, 0.6) is 5.75 Å². The number of rotatable bonds is 8. The molecule has 4 rings (SSSR count). The van der Waals surface area contributed by atoms with E-state index in [2.05, 4.69) is 5.32 Å². The minimum Gasteiger partial charge on any atom is -0.497 e. The molecule has 1 aliphatic rings. The summed E-state index contributed by atoms with van der Waals surface area (Å²) in [5.41, 5.74) is 2.64. The smallest absolute Gasteiger partial charge is 0.341 e. The number of aryl methyl sites for hydroxylation is 1. The molecule has 1 aliphatic carbocycles. The number of benzene rings is 1. The van der Waals surface area contributed by atoms with Gasteiger partial charge in [0, 0.05) is 21.9 Å². The standard InChI is InChI=1S/C25H27NO7S/c1-4-31-25(29)22-18-7-5-6-8-20(18)34-24(22)26-23(28)14(2)33-21(27)11-15-13-32-19-12-16(30-3)9-10-17(15)19/h9-10,12-14H,4-8,11H2,1-3H3,(H,26,28). The van der Waals surface area contributed by atoms with E-state index in [1.807, 2.05) is 6.07 Å². The van der Waals surface area contributed by atoms with Gasteiger partial charge in [-0.1, -0.05) is 0 Å². The van der Waals surface area contributed by atoms with Crippen molar-refractivity contribution in [2.24, 2.45) is 0 Å². The number of methoxy groups -OCH3 is 1. The van der Waals surface area contributed by atoms with Crippen molar-refractivity contribution < 1.29 is 33.0 Å². The van der Waals surface area contributed by atoms with Crippen molar-refractivity contribution in [1.82, 2.24) is 0 Å². The van der Waals surface area contributed by atoms with Crippen molar-refractivity contribution in [3.8, 4) is 5.75 Å². The van der Waals surface area contributed by atoms with Gasteiger partial charge in [0.2, 0.25) is 0 Å². The third-order valence-corrected chi connectivity index (χ3v) is 6.97. The van der Waals surface area contributed by atoms with Crippen molar-refractivity contribution in [3.05, 3.63) is 46.0 Å². The van der Waals surface area contributed by atoms with Crippen molar-refractivity contribution in [1.29, 1.82) is 0 Å². The van der Waals surface area contributed by atoms with Crippen LogP contribution in [0.25, 0.3) is 11.0 Å². The average molecular weight is 486 g/mol. The number of nitrogens with one attached hydrogen (secondary N) is 1. The highest BCUT2D eigenvalue weighted by Gasteiger charge is 2.29. The molecule has 9 heteroatoms. The zero-order valence-electron chi connectivity index (χ0n) is 19.4. The van der Waals surface area contributed by atoms with Gasteiger partial charge >= 0.3 is 11.9 Å².